The van der Waals surface area contributed by atoms with E-state index in [0.717, 1.165) is 9.52 Å². The molecule has 0 nitrogen and oxygen atoms in total. The molecule has 4 heteroatoms. The molecule has 1 aliphatic heterocycles. The quantitative estimate of drug-likeness (QED) is 0.115. The summed E-state index contributed by atoms with van der Waals surface area (Å²) in [6.07, 6.45) is 2.38. The fourth-order valence-electron chi connectivity index (χ4n) is 8.39. The summed E-state index contributed by atoms with van der Waals surface area (Å²) >= 11 is -0.826. The van der Waals surface area contributed by atoms with Gasteiger partial charge in [-0.2, -0.15) is 41.6 Å². The first-order valence-electron chi connectivity index (χ1n) is 21.3. The van der Waals surface area contributed by atoms with Crippen molar-refractivity contribution in [2.24, 2.45) is 0 Å². The Morgan fingerprint density at radius 2 is 1.00 bits per heavy atom. The molecule has 0 saturated carbocycles. The number of hydrogen-bond acceptors (Lipinski definition) is 0. The van der Waals surface area contributed by atoms with Crippen LogP contribution in [0.1, 0.15) is 96.9 Å². The third-order valence-corrected chi connectivity index (χ3v) is 13.8. The first-order chi connectivity index (χ1) is 28.9. The molecule has 2 radical (unpaired) electrons. The summed E-state index contributed by atoms with van der Waals surface area (Å²) in [5.74, 6) is 1.25. The molecule has 0 aromatic heterocycles. The van der Waals surface area contributed by atoms with E-state index in [2.05, 4.69) is 197 Å². The first kappa shape index (κ1) is 45.7. The van der Waals surface area contributed by atoms with Crippen molar-refractivity contribution in [2.45, 2.75) is 93.9 Å². The molecular weight excluding hydrogens is 863 g/mol. The summed E-state index contributed by atoms with van der Waals surface area (Å²) in [6.45, 7) is 22.4. The van der Waals surface area contributed by atoms with Gasteiger partial charge in [-0.25, -0.2) is 0 Å². The Morgan fingerprint density at radius 3 is 1.48 bits per heavy atom. The average molecular weight is 920 g/mol. The molecular formula is C56H57Cl2SiZr-3. The molecule has 1 aliphatic rings. The van der Waals surface area contributed by atoms with Crippen molar-refractivity contribution in [2.75, 3.05) is 0 Å². The van der Waals surface area contributed by atoms with E-state index in [1.807, 2.05) is 6.07 Å². The summed E-state index contributed by atoms with van der Waals surface area (Å²) in [6, 6.07) is 50.3. The van der Waals surface area contributed by atoms with Crippen LogP contribution < -0.4 is 10.4 Å². The molecule has 9 rings (SSSR count). The average Bonchev–Trinajstić information content (AvgIpc) is 3.99. The van der Waals surface area contributed by atoms with Gasteiger partial charge in [0.25, 0.3) is 0 Å². The largest absolute Gasteiger partial charge is 0.184 e. The number of benzene rings is 6. The summed E-state index contributed by atoms with van der Waals surface area (Å²) in [5.41, 5.74) is 19.4. The van der Waals surface area contributed by atoms with Crippen molar-refractivity contribution in [1.29, 1.82) is 0 Å². The van der Waals surface area contributed by atoms with Crippen LogP contribution in [-0.4, -0.2) is 9.52 Å². The summed E-state index contributed by atoms with van der Waals surface area (Å²) in [4.78, 5) is 0. The normalized spacial score (nSPS) is 12.3. The van der Waals surface area contributed by atoms with Crippen LogP contribution in [0.25, 0.3) is 54.9 Å². The van der Waals surface area contributed by atoms with Crippen LogP contribution in [0.15, 0.2) is 127 Å². The number of halogens is 2. The van der Waals surface area contributed by atoms with Gasteiger partial charge < -0.3 is 0 Å². The SMILES string of the molecule is CCC(C)c1cc2c(-c3cc(C)cc(C)c3C)cccc2[cH-]1.CCC(C)c1cc2c(-c3cc(C)cc(C)c3C)cccc2[cH-]1.[Cl][Zr][Cl].[c-]1cccc2c1[Si]c1ccccc1-2. The van der Waals surface area contributed by atoms with E-state index in [0.29, 0.717) is 11.8 Å². The van der Waals surface area contributed by atoms with Gasteiger partial charge in [0.15, 0.2) is 0 Å². The van der Waals surface area contributed by atoms with E-state index < -0.39 is 20.8 Å². The summed E-state index contributed by atoms with van der Waals surface area (Å²) in [5, 5.41) is 8.35. The van der Waals surface area contributed by atoms with Crippen LogP contribution in [0.2, 0.25) is 0 Å². The molecule has 0 bridgehead atoms. The monoisotopic (exact) mass is 917 g/mol. The molecule has 0 saturated heterocycles. The van der Waals surface area contributed by atoms with Crippen LogP contribution in [-0.2, 0) is 20.8 Å². The van der Waals surface area contributed by atoms with Crippen molar-refractivity contribution in [3.63, 3.8) is 0 Å². The van der Waals surface area contributed by atoms with E-state index in [1.54, 1.807) is 0 Å². The maximum absolute atomic E-state index is 4.93. The van der Waals surface area contributed by atoms with Crippen molar-refractivity contribution >= 4 is 58.5 Å². The Bertz CT molecular complexity index is 2530. The van der Waals surface area contributed by atoms with E-state index in [9.17, 15) is 0 Å². The molecule has 8 aromatic carbocycles. The zero-order valence-electron chi connectivity index (χ0n) is 36.9. The zero-order chi connectivity index (χ0) is 43.1. The molecule has 0 aliphatic carbocycles. The third-order valence-electron chi connectivity index (χ3n) is 12.4. The molecule has 0 fully saturated rings. The Morgan fingerprint density at radius 1 is 0.550 bits per heavy atom. The molecule has 60 heavy (non-hydrogen) atoms. The van der Waals surface area contributed by atoms with Crippen molar-refractivity contribution in [1.82, 2.24) is 0 Å². The van der Waals surface area contributed by atoms with Crippen LogP contribution in [0.4, 0.5) is 0 Å². The third kappa shape index (κ3) is 10.3. The van der Waals surface area contributed by atoms with Gasteiger partial charge in [0.1, 0.15) is 0 Å². The number of rotatable bonds is 6. The smallest absolute Gasteiger partial charge is 0.0920 e. The minimum atomic E-state index is -0.826. The van der Waals surface area contributed by atoms with E-state index >= 15 is 0 Å². The molecule has 2 atom stereocenters. The van der Waals surface area contributed by atoms with E-state index in [1.165, 1.54) is 123 Å². The maximum Gasteiger partial charge on any atom is 0.0920 e. The summed E-state index contributed by atoms with van der Waals surface area (Å²) in [7, 11) is 10.7. The number of aryl methyl sites for hydroxylation is 4. The Hall–Kier alpha value is -3.78. The minimum absolute atomic E-state index is 0.626. The first-order valence-corrected chi connectivity index (χ1v) is 28.6. The molecule has 1 heterocycles. The van der Waals surface area contributed by atoms with Gasteiger partial charge in [-0.05, 0) is 86.8 Å². The van der Waals surface area contributed by atoms with Crippen molar-refractivity contribution < 1.29 is 20.8 Å². The molecule has 0 amide bonds. The zero-order valence-corrected chi connectivity index (χ0v) is 41.9. The molecule has 8 aromatic rings. The van der Waals surface area contributed by atoms with Gasteiger partial charge in [0.2, 0.25) is 0 Å². The Labute approximate surface area is 381 Å². The Balaban J connectivity index is 0.000000150. The van der Waals surface area contributed by atoms with Crippen LogP contribution in [0, 0.1) is 47.6 Å². The van der Waals surface area contributed by atoms with Crippen LogP contribution in [0.3, 0.4) is 0 Å². The predicted molar refractivity (Wildman–Crippen MR) is 263 cm³/mol. The van der Waals surface area contributed by atoms with Gasteiger partial charge >= 0.3 is 37.9 Å². The van der Waals surface area contributed by atoms with Gasteiger partial charge in [-0.1, -0.05) is 134 Å². The fraction of sp³-hybridized carbons (Fsp3) is 0.250. The second-order valence-electron chi connectivity index (χ2n) is 16.5. The van der Waals surface area contributed by atoms with Gasteiger partial charge in [0, 0.05) is 0 Å². The molecule has 0 spiro atoms. The number of hydrogen-bond donors (Lipinski definition) is 0. The number of fused-ring (bicyclic) bond motifs is 5. The standard InChI is InChI=1S/2C22H25.C12H7Si.2ClH.Zr/c2*1-6-15(3)19-12-18-8-7-9-20(22(18)13-19)21-11-14(2)10-16(4)17(21)5;1-3-7-11-9(5-1)10-6-2-4-8-12(10)13-11;;;/h2*7-13,15H,6H2,1-5H3;1-7H;2*1H;/q3*-1;;;+2/p-2. The molecule has 306 valence electrons. The molecule has 2 unspecified atom stereocenters. The Kier molecular flexibility index (Phi) is 15.9. The van der Waals surface area contributed by atoms with Crippen molar-refractivity contribution in [3.05, 3.63) is 178 Å². The van der Waals surface area contributed by atoms with Gasteiger partial charge in [-0.15, -0.1) is 74.6 Å². The summed E-state index contributed by atoms with van der Waals surface area (Å²) < 4.78 is 0. The topological polar surface area (TPSA) is 0 Å². The second kappa shape index (κ2) is 20.9. The van der Waals surface area contributed by atoms with Crippen LogP contribution in [0.5, 0.6) is 0 Å². The van der Waals surface area contributed by atoms with Crippen LogP contribution >= 0.6 is 17.0 Å². The molecule has 0 N–H and O–H groups in total. The van der Waals surface area contributed by atoms with Gasteiger partial charge in [0.05, 0.1) is 9.52 Å². The van der Waals surface area contributed by atoms with E-state index in [4.69, 9.17) is 17.0 Å². The predicted octanol–water partition coefficient (Wildman–Crippen LogP) is 15.8. The second-order valence-corrected chi connectivity index (χ2v) is 21.5. The maximum atomic E-state index is 4.93. The van der Waals surface area contributed by atoms with Crippen molar-refractivity contribution in [3.8, 4) is 33.4 Å². The fourth-order valence-corrected chi connectivity index (χ4v) is 9.70. The van der Waals surface area contributed by atoms with Gasteiger partial charge in [-0.3, -0.25) is 0 Å². The minimum Gasteiger partial charge on any atom is -0.184 e. The van der Waals surface area contributed by atoms with E-state index in [-0.39, 0.29) is 0 Å².